The number of carbonyl (C=O) groups excluding carboxylic acids is 3. The molecule has 0 N–H and O–H groups in total. The molecular weight excluding hydrogens is 440 g/mol. The monoisotopic (exact) mass is 450 g/mol. The van der Waals surface area contributed by atoms with Crippen molar-refractivity contribution >= 4 is 44.9 Å². The average Bonchev–Trinajstić information content (AvgIpc) is 2.98. The summed E-state index contributed by atoms with van der Waals surface area (Å²) in [4.78, 5) is 49.5. The Labute approximate surface area is 172 Å². The number of benzene rings is 3. The number of nitrogens with zero attached hydrogens (tertiary/aromatic N) is 2. The van der Waals surface area contributed by atoms with E-state index in [1.165, 1.54) is 42.5 Å². The third-order valence-corrected chi connectivity index (χ3v) is 5.10. The Bertz CT molecular complexity index is 1190. The number of non-ortho nitro benzene ring substituents is 1. The van der Waals surface area contributed by atoms with Gasteiger partial charge < -0.3 is 0 Å². The maximum atomic E-state index is 12.8. The Kier molecular flexibility index (Phi) is 4.56. The second-order valence-electron chi connectivity index (χ2n) is 6.32. The van der Waals surface area contributed by atoms with E-state index in [9.17, 15) is 24.5 Å². The topological polar surface area (TPSA) is 97.6 Å². The van der Waals surface area contributed by atoms with Gasteiger partial charge >= 0.3 is 0 Å². The minimum atomic E-state index is -0.551. The lowest BCUT2D eigenvalue weighted by atomic mass is 9.99. The normalized spacial score (nSPS) is 12.8. The fourth-order valence-corrected chi connectivity index (χ4v) is 3.37. The summed E-state index contributed by atoms with van der Waals surface area (Å²) in [5.74, 6) is -1.36. The van der Waals surface area contributed by atoms with Crippen molar-refractivity contribution in [2.45, 2.75) is 0 Å². The van der Waals surface area contributed by atoms with E-state index in [4.69, 9.17) is 0 Å². The van der Waals surface area contributed by atoms with Crippen LogP contribution in [0.5, 0.6) is 0 Å². The molecule has 0 saturated carbocycles. The van der Waals surface area contributed by atoms with Gasteiger partial charge in [0.2, 0.25) is 0 Å². The van der Waals surface area contributed by atoms with Crippen molar-refractivity contribution in [2.24, 2.45) is 0 Å². The minimum absolute atomic E-state index is 0.124. The number of ketones is 1. The van der Waals surface area contributed by atoms with Gasteiger partial charge in [-0.15, -0.1) is 0 Å². The van der Waals surface area contributed by atoms with Gasteiger partial charge in [0.25, 0.3) is 17.5 Å². The molecule has 1 heterocycles. The fraction of sp³-hybridized carbons (Fsp3) is 0. The number of hydrogen-bond donors (Lipinski definition) is 0. The Morgan fingerprint density at radius 3 is 2.03 bits per heavy atom. The van der Waals surface area contributed by atoms with E-state index < -0.39 is 22.5 Å². The highest BCUT2D eigenvalue weighted by atomic mass is 79.9. The number of rotatable bonds is 4. The lowest BCUT2D eigenvalue weighted by Gasteiger charge is -2.13. The van der Waals surface area contributed by atoms with Crippen molar-refractivity contribution < 1.29 is 19.3 Å². The van der Waals surface area contributed by atoms with Gasteiger partial charge in [-0.05, 0) is 48.5 Å². The molecule has 4 rings (SSSR count). The molecule has 3 aromatic carbocycles. The van der Waals surface area contributed by atoms with Crippen molar-refractivity contribution in [3.05, 3.63) is 104 Å². The molecule has 29 heavy (non-hydrogen) atoms. The molecule has 1 aliphatic heterocycles. The molecule has 7 nitrogen and oxygen atoms in total. The number of halogens is 1. The van der Waals surface area contributed by atoms with E-state index in [0.29, 0.717) is 5.69 Å². The molecule has 0 spiro atoms. The molecule has 8 heteroatoms. The predicted molar refractivity (Wildman–Crippen MR) is 108 cm³/mol. The Balaban J connectivity index is 1.67. The second-order valence-corrected chi connectivity index (χ2v) is 7.23. The third-order valence-electron chi connectivity index (χ3n) is 4.57. The molecule has 0 unspecified atom stereocenters. The largest absolute Gasteiger partial charge is 0.289 e. The molecule has 0 saturated heterocycles. The van der Waals surface area contributed by atoms with Crippen LogP contribution in [0.1, 0.15) is 36.6 Å². The van der Waals surface area contributed by atoms with E-state index in [0.717, 1.165) is 9.37 Å². The van der Waals surface area contributed by atoms with Crippen molar-refractivity contribution in [1.82, 2.24) is 0 Å². The zero-order valence-corrected chi connectivity index (χ0v) is 16.3. The Hall–Kier alpha value is -3.65. The maximum Gasteiger partial charge on any atom is 0.269 e. The first kappa shape index (κ1) is 18.7. The molecule has 1 aliphatic rings. The summed E-state index contributed by atoms with van der Waals surface area (Å²) in [6.45, 7) is 0. The van der Waals surface area contributed by atoms with Crippen LogP contribution >= 0.6 is 15.9 Å². The SMILES string of the molecule is O=C(c1ccc([N+](=O)[O-])cc1)c1ccc2c(c1)C(=O)N(c1ccc(Br)cc1)C2=O. The molecule has 0 atom stereocenters. The smallest absolute Gasteiger partial charge is 0.269 e. The summed E-state index contributed by atoms with van der Waals surface area (Å²) >= 11 is 3.31. The van der Waals surface area contributed by atoms with Crippen molar-refractivity contribution in [2.75, 3.05) is 4.90 Å². The molecule has 0 aromatic heterocycles. The second kappa shape index (κ2) is 7.06. The third kappa shape index (κ3) is 3.23. The summed E-state index contributed by atoms with van der Waals surface area (Å²) in [6, 6.07) is 16.2. The lowest BCUT2D eigenvalue weighted by Crippen LogP contribution is -2.29. The van der Waals surface area contributed by atoms with Crippen LogP contribution in [0.2, 0.25) is 0 Å². The number of anilines is 1. The van der Waals surface area contributed by atoms with Crippen LogP contribution in [0.15, 0.2) is 71.2 Å². The number of nitro benzene ring substituents is 1. The molecule has 2 amide bonds. The van der Waals surface area contributed by atoms with E-state index >= 15 is 0 Å². The van der Waals surface area contributed by atoms with Crippen LogP contribution in [-0.4, -0.2) is 22.5 Å². The van der Waals surface area contributed by atoms with Crippen molar-refractivity contribution in [3.8, 4) is 0 Å². The summed E-state index contributed by atoms with van der Waals surface area (Å²) in [5.41, 5.74) is 1.14. The van der Waals surface area contributed by atoms with Crippen LogP contribution in [-0.2, 0) is 0 Å². The number of amides is 2. The molecular formula is C21H11BrN2O5. The lowest BCUT2D eigenvalue weighted by molar-refractivity contribution is -0.384. The molecule has 0 fully saturated rings. The van der Waals surface area contributed by atoms with Crippen molar-refractivity contribution in [3.63, 3.8) is 0 Å². The summed E-state index contributed by atoms with van der Waals surface area (Å²) in [7, 11) is 0. The van der Waals surface area contributed by atoms with Gasteiger partial charge in [-0.3, -0.25) is 24.5 Å². The molecule has 3 aromatic rings. The Morgan fingerprint density at radius 2 is 1.41 bits per heavy atom. The summed E-state index contributed by atoms with van der Waals surface area (Å²) in [5, 5.41) is 10.8. The van der Waals surface area contributed by atoms with E-state index in [-0.39, 0.29) is 27.9 Å². The van der Waals surface area contributed by atoms with Gasteiger partial charge in [0, 0.05) is 27.7 Å². The summed E-state index contributed by atoms with van der Waals surface area (Å²) in [6.07, 6.45) is 0. The van der Waals surface area contributed by atoms with Gasteiger partial charge in [-0.2, -0.15) is 0 Å². The number of hydrogen-bond acceptors (Lipinski definition) is 5. The highest BCUT2D eigenvalue weighted by Gasteiger charge is 2.37. The van der Waals surface area contributed by atoms with Crippen molar-refractivity contribution in [1.29, 1.82) is 0 Å². The highest BCUT2D eigenvalue weighted by molar-refractivity contribution is 9.10. The first-order valence-corrected chi connectivity index (χ1v) is 9.23. The van der Waals surface area contributed by atoms with Crippen LogP contribution in [0, 0.1) is 10.1 Å². The van der Waals surface area contributed by atoms with Crippen LogP contribution < -0.4 is 4.90 Å². The maximum absolute atomic E-state index is 12.8. The van der Waals surface area contributed by atoms with E-state index in [1.54, 1.807) is 24.3 Å². The van der Waals surface area contributed by atoms with Gasteiger partial charge in [-0.25, -0.2) is 4.90 Å². The fourth-order valence-electron chi connectivity index (χ4n) is 3.11. The first-order chi connectivity index (χ1) is 13.9. The minimum Gasteiger partial charge on any atom is -0.289 e. The number of carbonyl (C=O) groups is 3. The number of fused-ring (bicyclic) bond motifs is 1. The van der Waals surface area contributed by atoms with E-state index in [1.807, 2.05) is 0 Å². The van der Waals surface area contributed by atoms with Gasteiger partial charge in [0.1, 0.15) is 0 Å². The van der Waals surface area contributed by atoms with Gasteiger partial charge in [-0.1, -0.05) is 22.0 Å². The highest BCUT2D eigenvalue weighted by Crippen LogP contribution is 2.30. The molecule has 142 valence electrons. The van der Waals surface area contributed by atoms with Crippen LogP contribution in [0.25, 0.3) is 0 Å². The molecule has 0 bridgehead atoms. The van der Waals surface area contributed by atoms with Gasteiger partial charge in [0.05, 0.1) is 21.7 Å². The van der Waals surface area contributed by atoms with E-state index in [2.05, 4.69) is 15.9 Å². The zero-order valence-electron chi connectivity index (χ0n) is 14.7. The quantitative estimate of drug-likeness (QED) is 0.254. The standard InChI is InChI=1S/C21H11BrN2O5/c22-14-4-8-15(9-5-14)23-20(26)17-10-3-13(11-18(17)21(23)27)19(25)12-1-6-16(7-2-12)24(28)29/h1-11H. The number of imide groups is 1. The average molecular weight is 451 g/mol. The predicted octanol–water partition coefficient (Wildman–Crippen LogP) is 4.39. The Morgan fingerprint density at radius 1 is 0.828 bits per heavy atom. The van der Waals surface area contributed by atoms with Gasteiger partial charge in [0.15, 0.2) is 5.78 Å². The first-order valence-electron chi connectivity index (χ1n) is 8.44. The number of nitro groups is 1. The molecule has 0 radical (unpaired) electrons. The summed E-state index contributed by atoms with van der Waals surface area (Å²) < 4.78 is 0.814. The van der Waals surface area contributed by atoms with Crippen LogP contribution in [0.4, 0.5) is 11.4 Å². The van der Waals surface area contributed by atoms with Crippen LogP contribution in [0.3, 0.4) is 0 Å². The molecule has 0 aliphatic carbocycles. The zero-order chi connectivity index (χ0) is 20.7.